The molecule has 106 valence electrons. The largest absolute Gasteiger partial charge is 0.497 e. The Hall–Kier alpha value is -2.02. The average Bonchev–Trinajstić information content (AvgIpc) is 2.46. The summed E-state index contributed by atoms with van der Waals surface area (Å²) < 4.78 is 5.09. The number of carbonyl (C=O) groups excluding carboxylic acids is 2. The van der Waals surface area contributed by atoms with Crippen LogP contribution in [-0.2, 0) is 9.59 Å². The summed E-state index contributed by atoms with van der Waals surface area (Å²) in [5.41, 5.74) is 0.635. The van der Waals surface area contributed by atoms with E-state index >= 15 is 0 Å². The number of anilines is 1. The van der Waals surface area contributed by atoms with Crippen molar-refractivity contribution in [1.29, 1.82) is 0 Å². The second-order valence-electron chi connectivity index (χ2n) is 4.11. The molecule has 0 radical (unpaired) electrons. The number of hydrogen-bond donors (Lipinski definition) is 2. The van der Waals surface area contributed by atoms with E-state index in [0.29, 0.717) is 16.6 Å². The van der Waals surface area contributed by atoms with Gasteiger partial charge in [0.2, 0.25) is 11.8 Å². The van der Waals surface area contributed by atoms with Crippen LogP contribution in [0.3, 0.4) is 0 Å². The van der Waals surface area contributed by atoms with Crippen molar-refractivity contribution in [2.24, 2.45) is 4.99 Å². The zero-order valence-corrected chi connectivity index (χ0v) is 12.0. The van der Waals surface area contributed by atoms with E-state index in [1.807, 2.05) is 0 Å². The molecule has 1 aromatic carbocycles. The Balaban J connectivity index is 2.05. The Morgan fingerprint density at radius 2 is 2.35 bits per heavy atom. The third-order valence-electron chi connectivity index (χ3n) is 2.70. The number of amidine groups is 1. The van der Waals surface area contributed by atoms with Crippen molar-refractivity contribution >= 4 is 34.4 Å². The first-order valence-corrected chi connectivity index (χ1v) is 6.88. The Kier molecular flexibility index (Phi) is 4.62. The molecule has 1 fully saturated rings. The van der Waals surface area contributed by atoms with Gasteiger partial charge in [-0.25, -0.2) is 0 Å². The van der Waals surface area contributed by atoms with Crippen LogP contribution in [0.25, 0.3) is 0 Å². The SMILES string of the molecule is CN=C1NC(=O)C[C@@H](C(=O)Nc2cccc(OC)c2)S1. The van der Waals surface area contributed by atoms with E-state index in [1.54, 1.807) is 38.4 Å². The normalized spacial score (nSPS) is 20.4. The highest BCUT2D eigenvalue weighted by Gasteiger charge is 2.29. The van der Waals surface area contributed by atoms with Crippen LogP contribution in [0.2, 0.25) is 0 Å². The van der Waals surface area contributed by atoms with Gasteiger partial charge in [-0.1, -0.05) is 17.8 Å². The third kappa shape index (κ3) is 3.51. The fourth-order valence-electron chi connectivity index (χ4n) is 1.72. The van der Waals surface area contributed by atoms with Crippen LogP contribution < -0.4 is 15.4 Å². The Morgan fingerprint density at radius 1 is 1.55 bits per heavy atom. The van der Waals surface area contributed by atoms with Crippen LogP contribution in [0, 0.1) is 0 Å². The van der Waals surface area contributed by atoms with Crippen molar-refractivity contribution in [3.63, 3.8) is 0 Å². The maximum atomic E-state index is 12.2. The number of rotatable bonds is 3. The second kappa shape index (κ2) is 6.42. The zero-order chi connectivity index (χ0) is 14.5. The highest BCUT2D eigenvalue weighted by Crippen LogP contribution is 2.23. The Bertz CT molecular complexity index is 560. The number of ether oxygens (including phenoxy) is 1. The summed E-state index contributed by atoms with van der Waals surface area (Å²) in [5.74, 6) is 0.238. The van der Waals surface area contributed by atoms with E-state index < -0.39 is 5.25 Å². The van der Waals surface area contributed by atoms with Crippen LogP contribution in [0.4, 0.5) is 5.69 Å². The zero-order valence-electron chi connectivity index (χ0n) is 11.2. The van der Waals surface area contributed by atoms with E-state index in [1.165, 1.54) is 11.8 Å². The van der Waals surface area contributed by atoms with Crippen molar-refractivity contribution in [3.8, 4) is 5.75 Å². The molecular weight excluding hydrogens is 278 g/mol. The third-order valence-corrected chi connectivity index (χ3v) is 3.88. The molecule has 20 heavy (non-hydrogen) atoms. The average molecular weight is 293 g/mol. The topological polar surface area (TPSA) is 79.8 Å². The molecule has 6 nitrogen and oxygen atoms in total. The van der Waals surface area contributed by atoms with E-state index in [4.69, 9.17) is 4.74 Å². The molecular formula is C13H15N3O3S. The van der Waals surface area contributed by atoms with Gasteiger partial charge in [-0.2, -0.15) is 0 Å². The summed E-state index contributed by atoms with van der Waals surface area (Å²) in [7, 11) is 3.14. The molecule has 0 aromatic heterocycles. The smallest absolute Gasteiger partial charge is 0.238 e. The van der Waals surface area contributed by atoms with Crippen LogP contribution in [0.5, 0.6) is 5.75 Å². The first kappa shape index (κ1) is 14.4. The number of nitrogens with zero attached hydrogens (tertiary/aromatic N) is 1. The van der Waals surface area contributed by atoms with Gasteiger partial charge in [-0.3, -0.25) is 14.6 Å². The quantitative estimate of drug-likeness (QED) is 0.879. The van der Waals surface area contributed by atoms with Gasteiger partial charge in [-0.05, 0) is 12.1 Å². The molecule has 0 spiro atoms. The van der Waals surface area contributed by atoms with Gasteiger partial charge in [0.05, 0.1) is 7.11 Å². The second-order valence-corrected chi connectivity index (χ2v) is 5.30. The first-order valence-electron chi connectivity index (χ1n) is 6.00. The minimum absolute atomic E-state index is 0.138. The van der Waals surface area contributed by atoms with E-state index in [2.05, 4.69) is 15.6 Å². The first-order chi connectivity index (χ1) is 9.62. The van der Waals surface area contributed by atoms with E-state index in [0.717, 1.165) is 0 Å². The van der Waals surface area contributed by atoms with Crippen LogP contribution in [-0.4, -0.2) is 36.4 Å². The number of aliphatic imine (C=N–C) groups is 1. The van der Waals surface area contributed by atoms with Gasteiger partial charge in [0.1, 0.15) is 11.0 Å². The number of amides is 2. The van der Waals surface area contributed by atoms with Crippen LogP contribution >= 0.6 is 11.8 Å². The predicted molar refractivity (Wildman–Crippen MR) is 79.1 cm³/mol. The fourth-order valence-corrected chi connectivity index (χ4v) is 2.67. The molecule has 7 heteroatoms. The molecule has 1 aromatic rings. The summed E-state index contributed by atoms with van der Waals surface area (Å²) in [6, 6.07) is 7.07. The summed E-state index contributed by atoms with van der Waals surface area (Å²) in [5, 5.41) is 5.37. The number of hydrogen-bond acceptors (Lipinski definition) is 5. The maximum Gasteiger partial charge on any atom is 0.238 e. The number of benzene rings is 1. The molecule has 0 bridgehead atoms. The molecule has 0 unspecified atom stereocenters. The van der Waals surface area contributed by atoms with Crippen LogP contribution in [0.1, 0.15) is 6.42 Å². The van der Waals surface area contributed by atoms with Gasteiger partial charge in [-0.15, -0.1) is 0 Å². The van der Waals surface area contributed by atoms with Gasteiger partial charge < -0.3 is 15.4 Å². The molecule has 0 aliphatic carbocycles. The fraction of sp³-hybridized carbons (Fsp3) is 0.308. The van der Waals surface area contributed by atoms with Crippen molar-refractivity contribution in [2.75, 3.05) is 19.5 Å². The molecule has 1 saturated heterocycles. The van der Waals surface area contributed by atoms with Gasteiger partial charge in [0.25, 0.3) is 0 Å². The molecule has 1 atom stereocenters. The Morgan fingerprint density at radius 3 is 3.05 bits per heavy atom. The van der Waals surface area contributed by atoms with Crippen molar-refractivity contribution in [1.82, 2.24) is 5.32 Å². The highest BCUT2D eigenvalue weighted by atomic mass is 32.2. The van der Waals surface area contributed by atoms with Gasteiger partial charge in [0, 0.05) is 25.2 Å². The number of nitrogens with one attached hydrogen (secondary N) is 2. The minimum atomic E-state index is -0.478. The van der Waals surface area contributed by atoms with Crippen molar-refractivity contribution < 1.29 is 14.3 Å². The molecule has 1 aliphatic heterocycles. The predicted octanol–water partition coefficient (Wildman–Crippen LogP) is 1.24. The Labute approximate surface area is 121 Å². The number of thioether (sulfide) groups is 1. The number of carbonyl (C=O) groups is 2. The maximum absolute atomic E-state index is 12.2. The minimum Gasteiger partial charge on any atom is -0.497 e. The lowest BCUT2D eigenvalue weighted by Gasteiger charge is -2.22. The van der Waals surface area contributed by atoms with Gasteiger partial charge in [0.15, 0.2) is 5.17 Å². The number of methoxy groups -OCH3 is 1. The summed E-state index contributed by atoms with van der Waals surface area (Å²) >= 11 is 1.25. The standard InChI is InChI=1S/C13H15N3O3S/c1-14-13-16-11(17)7-10(20-13)12(18)15-8-4-3-5-9(6-8)19-2/h3-6,10H,7H2,1-2H3,(H,15,18)(H,14,16,17)/t10-/m0/s1. The summed E-state index contributed by atoms with van der Waals surface area (Å²) in [4.78, 5) is 27.6. The van der Waals surface area contributed by atoms with Crippen molar-refractivity contribution in [3.05, 3.63) is 24.3 Å². The molecule has 0 saturated carbocycles. The monoisotopic (exact) mass is 293 g/mol. The lowest BCUT2D eigenvalue weighted by atomic mass is 10.2. The highest BCUT2D eigenvalue weighted by molar-refractivity contribution is 8.15. The van der Waals surface area contributed by atoms with E-state index in [-0.39, 0.29) is 18.2 Å². The molecule has 2 amide bonds. The van der Waals surface area contributed by atoms with E-state index in [9.17, 15) is 9.59 Å². The molecule has 2 N–H and O–H groups in total. The molecule has 2 rings (SSSR count). The van der Waals surface area contributed by atoms with Crippen LogP contribution in [0.15, 0.2) is 29.3 Å². The molecule has 1 heterocycles. The van der Waals surface area contributed by atoms with Crippen molar-refractivity contribution in [2.45, 2.75) is 11.7 Å². The molecule has 1 aliphatic rings. The lowest BCUT2D eigenvalue weighted by Crippen LogP contribution is -2.41. The summed E-state index contributed by atoms with van der Waals surface area (Å²) in [6.45, 7) is 0. The summed E-state index contributed by atoms with van der Waals surface area (Å²) in [6.07, 6.45) is 0.138. The lowest BCUT2D eigenvalue weighted by molar-refractivity contribution is -0.123. The van der Waals surface area contributed by atoms with Gasteiger partial charge >= 0.3 is 0 Å².